The van der Waals surface area contributed by atoms with Gasteiger partial charge in [-0.15, -0.1) is 0 Å². The number of rotatable bonds is 5. The molecule has 0 heterocycles. The standard InChI is InChI=1S/C32H34O2/c1-20-7-8-25(17-21(20)2)31(26-11-15-29(33)22(3)18-26)24-9-12-27(13-10-24)32(5,6)28-14-16-30(34)23(4)19-28/h7-19,31,33-34H,1-6H3. The molecule has 2 nitrogen and oxygen atoms in total. The van der Waals surface area contributed by atoms with Crippen LogP contribution in [0.1, 0.15) is 69.8 Å². The number of phenolic OH excluding ortho intramolecular Hbond substituents is 2. The lowest BCUT2D eigenvalue weighted by atomic mass is 9.76. The normalized spacial score (nSPS) is 12.5. The molecule has 0 amide bonds. The first-order valence-electron chi connectivity index (χ1n) is 11.8. The fraction of sp³-hybridized carbons (Fsp3) is 0.250. The first kappa shape index (κ1) is 23.6. The van der Waals surface area contributed by atoms with Crippen LogP contribution < -0.4 is 0 Å². The van der Waals surface area contributed by atoms with Crippen LogP contribution in [0.2, 0.25) is 0 Å². The lowest BCUT2D eigenvalue weighted by molar-refractivity contribution is 0.470. The van der Waals surface area contributed by atoms with Crippen LogP contribution in [-0.2, 0) is 5.41 Å². The number of aromatic hydroxyl groups is 2. The minimum Gasteiger partial charge on any atom is -0.508 e. The Morgan fingerprint density at radius 1 is 0.500 bits per heavy atom. The number of benzene rings is 4. The van der Waals surface area contributed by atoms with Crippen LogP contribution in [0, 0.1) is 27.7 Å². The maximum atomic E-state index is 10.1. The van der Waals surface area contributed by atoms with E-state index in [0.29, 0.717) is 11.5 Å². The van der Waals surface area contributed by atoms with Crippen molar-refractivity contribution in [3.63, 3.8) is 0 Å². The Labute approximate surface area is 203 Å². The largest absolute Gasteiger partial charge is 0.508 e. The molecule has 4 rings (SSSR count). The highest BCUT2D eigenvalue weighted by atomic mass is 16.3. The molecule has 2 heteroatoms. The van der Waals surface area contributed by atoms with Crippen molar-refractivity contribution in [2.75, 3.05) is 0 Å². The number of aryl methyl sites for hydroxylation is 4. The van der Waals surface area contributed by atoms with Gasteiger partial charge in [0.05, 0.1) is 0 Å². The van der Waals surface area contributed by atoms with Gasteiger partial charge in [-0.25, -0.2) is 0 Å². The quantitative estimate of drug-likeness (QED) is 0.304. The molecule has 0 bridgehead atoms. The van der Waals surface area contributed by atoms with Crippen molar-refractivity contribution >= 4 is 0 Å². The van der Waals surface area contributed by atoms with E-state index in [9.17, 15) is 10.2 Å². The van der Waals surface area contributed by atoms with E-state index in [1.807, 2.05) is 26.0 Å². The van der Waals surface area contributed by atoms with Crippen LogP contribution in [0.25, 0.3) is 0 Å². The molecule has 4 aromatic rings. The van der Waals surface area contributed by atoms with Crippen molar-refractivity contribution in [1.29, 1.82) is 0 Å². The second-order valence-electron chi connectivity index (χ2n) is 10.1. The molecule has 0 aliphatic heterocycles. The van der Waals surface area contributed by atoms with Crippen LogP contribution >= 0.6 is 0 Å². The molecule has 0 aliphatic carbocycles. The van der Waals surface area contributed by atoms with E-state index in [0.717, 1.165) is 11.1 Å². The van der Waals surface area contributed by atoms with E-state index in [1.165, 1.54) is 38.9 Å². The van der Waals surface area contributed by atoms with Crippen molar-refractivity contribution < 1.29 is 10.2 Å². The molecule has 0 aromatic heterocycles. The lowest BCUT2D eigenvalue weighted by Crippen LogP contribution is -2.19. The summed E-state index contributed by atoms with van der Waals surface area (Å²) < 4.78 is 0. The van der Waals surface area contributed by atoms with Crippen LogP contribution in [0.3, 0.4) is 0 Å². The first-order valence-corrected chi connectivity index (χ1v) is 11.8. The van der Waals surface area contributed by atoms with Gasteiger partial charge >= 0.3 is 0 Å². The van der Waals surface area contributed by atoms with Gasteiger partial charge in [0.15, 0.2) is 0 Å². The van der Waals surface area contributed by atoms with Gasteiger partial charge in [0, 0.05) is 11.3 Å². The molecule has 0 saturated carbocycles. The summed E-state index contributed by atoms with van der Waals surface area (Å²) in [5.74, 6) is 0.728. The lowest BCUT2D eigenvalue weighted by Gasteiger charge is -2.28. The highest BCUT2D eigenvalue weighted by Gasteiger charge is 2.25. The molecular weight excluding hydrogens is 416 g/mol. The summed E-state index contributed by atoms with van der Waals surface area (Å²) in [6.45, 7) is 12.6. The zero-order valence-corrected chi connectivity index (χ0v) is 21.0. The fourth-order valence-corrected chi connectivity index (χ4v) is 4.68. The van der Waals surface area contributed by atoms with E-state index in [-0.39, 0.29) is 11.3 Å². The molecule has 34 heavy (non-hydrogen) atoms. The number of hydrogen-bond acceptors (Lipinski definition) is 2. The van der Waals surface area contributed by atoms with Gasteiger partial charge in [-0.1, -0.05) is 80.6 Å². The highest BCUT2D eigenvalue weighted by Crippen LogP contribution is 2.38. The molecule has 0 saturated heterocycles. The zero-order chi connectivity index (χ0) is 24.6. The van der Waals surface area contributed by atoms with Crippen LogP contribution in [0.5, 0.6) is 11.5 Å². The maximum Gasteiger partial charge on any atom is 0.118 e. The second-order valence-corrected chi connectivity index (χ2v) is 10.1. The molecular formula is C32H34O2. The topological polar surface area (TPSA) is 40.5 Å². The number of hydrogen-bond donors (Lipinski definition) is 2. The third-order valence-corrected chi connectivity index (χ3v) is 7.30. The molecule has 0 spiro atoms. The number of phenols is 2. The molecule has 0 radical (unpaired) electrons. The molecule has 0 aliphatic rings. The minimum atomic E-state index is -0.192. The van der Waals surface area contributed by atoms with E-state index < -0.39 is 0 Å². The van der Waals surface area contributed by atoms with Crippen molar-refractivity contribution in [2.24, 2.45) is 0 Å². The van der Waals surface area contributed by atoms with E-state index >= 15 is 0 Å². The van der Waals surface area contributed by atoms with E-state index in [1.54, 1.807) is 12.1 Å². The van der Waals surface area contributed by atoms with Crippen LogP contribution in [-0.4, -0.2) is 10.2 Å². The van der Waals surface area contributed by atoms with Gasteiger partial charge in [-0.05, 0) is 89.9 Å². The SMILES string of the molecule is Cc1ccc(C(c2ccc(C(C)(C)c3ccc(O)c(C)c3)cc2)c2ccc(O)c(C)c2)cc1C. The van der Waals surface area contributed by atoms with Gasteiger partial charge in [-0.3, -0.25) is 0 Å². The zero-order valence-electron chi connectivity index (χ0n) is 21.0. The first-order chi connectivity index (χ1) is 16.1. The van der Waals surface area contributed by atoms with Gasteiger partial charge in [0.1, 0.15) is 11.5 Å². The van der Waals surface area contributed by atoms with Gasteiger partial charge in [0.25, 0.3) is 0 Å². The van der Waals surface area contributed by atoms with Gasteiger partial charge in [-0.2, -0.15) is 0 Å². The van der Waals surface area contributed by atoms with Crippen LogP contribution in [0.15, 0.2) is 78.9 Å². The average Bonchev–Trinajstić information content (AvgIpc) is 2.81. The minimum absolute atomic E-state index is 0.0756. The Hall–Kier alpha value is -3.52. The van der Waals surface area contributed by atoms with E-state index in [2.05, 4.69) is 82.3 Å². The molecule has 1 unspecified atom stereocenters. The summed E-state index contributed by atoms with van der Waals surface area (Å²) >= 11 is 0. The third kappa shape index (κ3) is 4.46. The Morgan fingerprint density at radius 2 is 0.971 bits per heavy atom. The van der Waals surface area contributed by atoms with Crippen molar-refractivity contribution in [3.8, 4) is 11.5 Å². The molecule has 4 aromatic carbocycles. The van der Waals surface area contributed by atoms with Crippen LogP contribution in [0.4, 0.5) is 0 Å². The Bertz CT molecular complexity index is 1280. The Kier molecular flexibility index (Phi) is 6.27. The summed E-state index contributed by atoms with van der Waals surface area (Å²) in [6, 6.07) is 27.4. The maximum absolute atomic E-state index is 10.1. The summed E-state index contributed by atoms with van der Waals surface area (Å²) in [6.07, 6.45) is 0. The van der Waals surface area contributed by atoms with Gasteiger partial charge in [0.2, 0.25) is 0 Å². The third-order valence-electron chi connectivity index (χ3n) is 7.30. The molecule has 0 fully saturated rings. The monoisotopic (exact) mass is 450 g/mol. The van der Waals surface area contributed by atoms with Crippen molar-refractivity contribution in [3.05, 3.63) is 129 Å². The predicted molar refractivity (Wildman–Crippen MR) is 141 cm³/mol. The molecule has 1 atom stereocenters. The van der Waals surface area contributed by atoms with E-state index in [4.69, 9.17) is 0 Å². The Balaban J connectivity index is 1.78. The summed E-state index contributed by atoms with van der Waals surface area (Å²) in [5, 5.41) is 20.1. The highest BCUT2D eigenvalue weighted by molar-refractivity contribution is 5.50. The average molecular weight is 451 g/mol. The summed E-state index contributed by atoms with van der Waals surface area (Å²) in [4.78, 5) is 0. The van der Waals surface area contributed by atoms with Gasteiger partial charge < -0.3 is 10.2 Å². The second kappa shape index (κ2) is 9.02. The predicted octanol–water partition coefficient (Wildman–Crippen LogP) is 7.84. The molecule has 2 N–H and O–H groups in total. The van der Waals surface area contributed by atoms with Crippen molar-refractivity contribution in [2.45, 2.75) is 52.9 Å². The summed E-state index contributed by atoms with van der Waals surface area (Å²) in [5.41, 5.74) is 10.2. The fourth-order valence-electron chi connectivity index (χ4n) is 4.68. The van der Waals surface area contributed by atoms with Crippen molar-refractivity contribution in [1.82, 2.24) is 0 Å². The summed E-state index contributed by atoms with van der Waals surface area (Å²) in [7, 11) is 0. The smallest absolute Gasteiger partial charge is 0.118 e. The Morgan fingerprint density at radius 3 is 1.53 bits per heavy atom. The molecule has 174 valence electrons.